The van der Waals surface area contributed by atoms with Gasteiger partial charge in [0.15, 0.2) is 0 Å². The minimum atomic E-state index is -1.03. The predicted molar refractivity (Wildman–Crippen MR) is 96.4 cm³/mol. The SMILES string of the molecule is C[C@@H]1CN(c2ncc(C(=O)O)c(-c3ccccc3Br)n2)C[C@H](C)N1. The molecular weight excluding hydrogens is 372 g/mol. The zero-order valence-electron chi connectivity index (χ0n) is 13.5. The number of hydrogen-bond donors (Lipinski definition) is 2. The van der Waals surface area contributed by atoms with Crippen molar-refractivity contribution in [3.05, 3.63) is 40.5 Å². The Morgan fingerprint density at radius 1 is 1.29 bits per heavy atom. The molecule has 0 saturated carbocycles. The lowest BCUT2D eigenvalue weighted by atomic mass is 10.1. The molecule has 24 heavy (non-hydrogen) atoms. The lowest BCUT2D eigenvalue weighted by Gasteiger charge is -2.36. The standard InChI is InChI=1S/C17H19BrN4O2/c1-10-8-22(9-11(2)20-10)17-19-7-13(16(23)24)15(21-17)12-5-3-4-6-14(12)18/h3-7,10-11,20H,8-9H2,1-2H3,(H,23,24)/t10-,11+. The maximum atomic E-state index is 11.6. The third-order valence-electron chi connectivity index (χ3n) is 3.98. The Labute approximate surface area is 149 Å². The number of carboxylic acids is 1. The van der Waals surface area contributed by atoms with E-state index in [1.54, 1.807) is 0 Å². The van der Waals surface area contributed by atoms with Gasteiger partial charge in [-0.1, -0.05) is 34.1 Å². The van der Waals surface area contributed by atoms with Crippen LogP contribution in [0.5, 0.6) is 0 Å². The molecule has 1 aliphatic heterocycles. The number of rotatable bonds is 3. The molecule has 0 bridgehead atoms. The second-order valence-corrected chi connectivity index (χ2v) is 6.95. The highest BCUT2D eigenvalue weighted by Crippen LogP contribution is 2.30. The molecule has 0 radical (unpaired) electrons. The van der Waals surface area contributed by atoms with Crippen LogP contribution in [0, 0.1) is 0 Å². The van der Waals surface area contributed by atoms with E-state index in [1.807, 2.05) is 24.3 Å². The van der Waals surface area contributed by atoms with Crippen LogP contribution in [0.3, 0.4) is 0 Å². The minimum Gasteiger partial charge on any atom is -0.478 e. The molecule has 126 valence electrons. The Kier molecular flexibility index (Phi) is 4.82. The highest BCUT2D eigenvalue weighted by Gasteiger charge is 2.25. The number of aromatic nitrogens is 2. The van der Waals surface area contributed by atoms with Gasteiger partial charge in [-0.2, -0.15) is 0 Å². The van der Waals surface area contributed by atoms with Crippen molar-refractivity contribution in [1.29, 1.82) is 0 Å². The molecule has 7 heteroatoms. The van der Waals surface area contributed by atoms with Crippen molar-refractivity contribution in [2.24, 2.45) is 0 Å². The largest absolute Gasteiger partial charge is 0.478 e. The Morgan fingerprint density at radius 3 is 2.58 bits per heavy atom. The number of aromatic carboxylic acids is 1. The van der Waals surface area contributed by atoms with Gasteiger partial charge in [-0.3, -0.25) is 0 Å². The lowest BCUT2D eigenvalue weighted by molar-refractivity contribution is 0.0697. The van der Waals surface area contributed by atoms with Gasteiger partial charge in [0.25, 0.3) is 0 Å². The van der Waals surface area contributed by atoms with Crippen molar-refractivity contribution in [3.63, 3.8) is 0 Å². The van der Waals surface area contributed by atoms with Crippen LogP contribution in [0.1, 0.15) is 24.2 Å². The van der Waals surface area contributed by atoms with Crippen molar-refractivity contribution >= 4 is 27.8 Å². The molecule has 0 amide bonds. The average Bonchev–Trinajstić information content (AvgIpc) is 2.53. The van der Waals surface area contributed by atoms with Crippen LogP contribution in [0.15, 0.2) is 34.9 Å². The molecule has 2 N–H and O–H groups in total. The number of anilines is 1. The molecule has 2 aromatic rings. The first-order valence-electron chi connectivity index (χ1n) is 7.82. The summed E-state index contributed by atoms with van der Waals surface area (Å²) in [5, 5.41) is 12.9. The van der Waals surface area contributed by atoms with Gasteiger partial charge in [-0.05, 0) is 19.9 Å². The number of nitrogens with one attached hydrogen (secondary N) is 1. The summed E-state index contributed by atoms with van der Waals surface area (Å²) in [4.78, 5) is 22.6. The van der Waals surface area contributed by atoms with Gasteiger partial charge in [0.2, 0.25) is 5.95 Å². The van der Waals surface area contributed by atoms with Gasteiger partial charge < -0.3 is 15.3 Å². The van der Waals surface area contributed by atoms with E-state index in [1.165, 1.54) is 6.20 Å². The lowest BCUT2D eigenvalue weighted by Crippen LogP contribution is -2.54. The minimum absolute atomic E-state index is 0.0990. The van der Waals surface area contributed by atoms with Crippen molar-refractivity contribution in [3.8, 4) is 11.3 Å². The average molecular weight is 391 g/mol. The van der Waals surface area contributed by atoms with E-state index in [2.05, 4.69) is 50.0 Å². The van der Waals surface area contributed by atoms with Crippen LogP contribution < -0.4 is 10.2 Å². The van der Waals surface area contributed by atoms with Gasteiger partial charge in [-0.15, -0.1) is 0 Å². The van der Waals surface area contributed by atoms with Gasteiger partial charge in [0, 0.05) is 41.4 Å². The second-order valence-electron chi connectivity index (χ2n) is 6.09. The molecule has 1 aromatic heterocycles. The smallest absolute Gasteiger partial charge is 0.339 e. The Morgan fingerprint density at radius 2 is 1.96 bits per heavy atom. The maximum Gasteiger partial charge on any atom is 0.339 e. The zero-order chi connectivity index (χ0) is 17.3. The van der Waals surface area contributed by atoms with Gasteiger partial charge >= 0.3 is 5.97 Å². The molecule has 0 spiro atoms. The summed E-state index contributed by atoms with van der Waals surface area (Å²) in [5.74, 6) is -0.472. The Bertz CT molecular complexity index is 758. The highest BCUT2D eigenvalue weighted by atomic mass is 79.9. The van der Waals surface area contributed by atoms with Crippen molar-refractivity contribution in [2.75, 3.05) is 18.0 Å². The first-order valence-corrected chi connectivity index (χ1v) is 8.61. The number of nitrogens with zero attached hydrogens (tertiary/aromatic N) is 3. The van der Waals surface area contributed by atoms with Crippen LogP contribution in [0.25, 0.3) is 11.3 Å². The summed E-state index contributed by atoms with van der Waals surface area (Å²) in [6.45, 7) is 5.80. The fourth-order valence-corrected chi connectivity index (χ4v) is 3.50. The molecular formula is C17H19BrN4O2. The Balaban J connectivity index is 2.07. The summed E-state index contributed by atoms with van der Waals surface area (Å²) in [6, 6.07) is 8.12. The molecule has 2 atom stereocenters. The zero-order valence-corrected chi connectivity index (χ0v) is 15.1. The molecule has 0 unspecified atom stereocenters. The first-order chi connectivity index (χ1) is 11.5. The summed E-state index contributed by atoms with van der Waals surface area (Å²) in [6.07, 6.45) is 1.40. The number of piperazine rings is 1. The molecule has 2 heterocycles. The van der Waals surface area contributed by atoms with Crippen LogP contribution >= 0.6 is 15.9 Å². The molecule has 6 nitrogen and oxygen atoms in total. The quantitative estimate of drug-likeness (QED) is 0.838. The molecule has 3 rings (SSSR count). The van der Waals surface area contributed by atoms with Crippen LogP contribution in [-0.2, 0) is 0 Å². The molecule has 0 aliphatic carbocycles. The van der Waals surface area contributed by atoms with E-state index >= 15 is 0 Å². The number of carbonyl (C=O) groups is 1. The van der Waals surface area contributed by atoms with E-state index in [4.69, 9.17) is 0 Å². The van der Waals surface area contributed by atoms with Crippen molar-refractivity contribution in [1.82, 2.24) is 15.3 Å². The molecule has 1 aliphatic rings. The highest BCUT2D eigenvalue weighted by molar-refractivity contribution is 9.10. The fourth-order valence-electron chi connectivity index (χ4n) is 3.03. The van der Waals surface area contributed by atoms with Crippen LogP contribution in [-0.4, -0.2) is 46.2 Å². The molecule has 1 aromatic carbocycles. The van der Waals surface area contributed by atoms with Gasteiger partial charge in [0.1, 0.15) is 5.56 Å². The summed E-state index contributed by atoms with van der Waals surface area (Å²) < 4.78 is 0.805. The van der Waals surface area contributed by atoms with Crippen LogP contribution in [0.4, 0.5) is 5.95 Å². The Hall–Kier alpha value is -1.99. The van der Waals surface area contributed by atoms with Crippen molar-refractivity contribution in [2.45, 2.75) is 25.9 Å². The van der Waals surface area contributed by atoms with Gasteiger partial charge in [-0.25, -0.2) is 14.8 Å². The van der Waals surface area contributed by atoms with E-state index in [-0.39, 0.29) is 5.56 Å². The van der Waals surface area contributed by atoms with E-state index in [0.29, 0.717) is 23.7 Å². The molecule has 1 saturated heterocycles. The number of halogens is 1. The summed E-state index contributed by atoms with van der Waals surface area (Å²) >= 11 is 3.48. The van der Waals surface area contributed by atoms with E-state index < -0.39 is 5.97 Å². The first kappa shape index (κ1) is 16.9. The monoisotopic (exact) mass is 390 g/mol. The maximum absolute atomic E-state index is 11.6. The van der Waals surface area contributed by atoms with E-state index in [0.717, 1.165) is 23.1 Å². The topological polar surface area (TPSA) is 78.4 Å². The third kappa shape index (κ3) is 3.42. The fraction of sp³-hybridized carbons (Fsp3) is 0.353. The molecule has 1 fully saturated rings. The number of benzene rings is 1. The number of hydrogen-bond acceptors (Lipinski definition) is 5. The second kappa shape index (κ2) is 6.86. The number of carboxylic acid groups (broad SMARTS) is 1. The third-order valence-corrected chi connectivity index (χ3v) is 4.67. The normalized spacial score (nSPS) is 20.9. The van der Waals surface area contributed by atoms with Crippen LogP contribution in [0.2, 0.25) is 0 Å². The summed E-state index contributed by atoms with van der Waals surface area (Å²) in [7, 11) is 0. The summed E-state index contributed by atoms with van der Waals surface area (Å²) in [5.41, 5.74) is 1.27. The van der Waals surface area contributed by atoms with Crippen molar-refractivity contribution < 1.29 is 9.90 Å². The van der Waals surface area contributed by atoms with E-state index in [9.17, 15) is 9.90 Å². The predicted octanol–water partition coefficient (Wildman–Crippen LogP) is 2.79. The van der Waals surface area contributed by atoms with Gasteiger partial charge in [0.05, 0.1) is 5.69 Å².